The Labute approximate surface area is 146 Å². The number of hydrogen-bond donors (Lipinski definition) is 2. The van der Waals surface area contributed by atoms with Crippen LogP contribution in [-0.4, -0.2) is 39.3 Å². The standard InChI is InChI=1S/C14H14ClN5O3S/c15-11-12(9-1-3-10(4-2-9)20(22)23)19(13(11)21)18-6-5-16-14-17-7-8-24-14/h1-4,7-8,11-12,18H,5-6H2,(H,16,17). The zero-order valence-corrected chi connectivity index (χ0v) is 14.0. The van der Waals surface area contributed by atoms with E-state index in [4.69, 9.17) is 11.6 Å². The van der Waals surface area contributed by atoms with Crippen molar-refractivity contribution in [3.63, 3.8) is 0 Å². The number of non-ortho nitro benzene ring substituents is 1. The molecule has 1 aliphatic heterocycles. The number of nitrogens with one attached hydrogen (secondary N) is 2. The number of hydrazine groups is 1. The van der Waals surface area contributed by atoms with Gasteiger partial charge in [0.2, 0.25) is 0 Å². The van der Waals surface area contributed by atoms with Crippen molar-refractivity contribution >= 4 is 39.7 Å². The Morgan fingerprint density at radius 3 is 2.71 bits per heavy atom. The van der Waals surface area contributed by atoms with Crippen molar-refractivity contribution in [1.82, 2.24) is 15.4 Å². The fourth-order valence-electron chi connectivity index (χ4n) is 2.40. The van der Waals surface area contributed by atoms with Gasteiger partial charge in [0.1, 0.15) is 5.38 Å². The number of hydrogen-bond acceptors (Lipinski definition) is 7. The van der Waals surface area contributed by atoms with Gasteiger partial charge in [-0.2, -0.15) is 0 Å². The van der Waals surface area contributed by atoms with Crippen molar-refractivity contribution < 1.29 is 9.72 Å². The maximum absolute atomic E-state index is 11.9. The van der Waals surface area contributed by atoms with Gasteiger partial charge < -0.3 is 5.32 Å². The second-order valence-electron chi connectivity index (χ2n) is 5.08. The molecule has 0 radical (unpaired) electrons. The highest BCUT2D eigenvalue weighted by molar-refractivity contribution is 7.13. The number of benzene rings is 1. The summed E-state index contributed by atoms with van der Waals surface area (Å²) in [6.07, 6.45) is 1.71. The quantitative estimate of drug-likeness (QED) is 0.256. The fraction of sp³-hybridized carbons (Fsp3) is 0.286. The van der Waals surface area contributed by atoms with Crippen LogP contribution in [0.4, 0.5) is 10.8 Å². The minimum absolute atomic E-state index is 0.00248. The lowest BCUT2D eigenvalue weighted by atomic mass is 9.95. The van der Waals surface area contributed by atoms with Gasteiger partial charge >= 0.3 is 0 Å². The summed E-state index contributed by atoms with van der Waals surface area (Å²) in [7, 11) is 0. The van der Waals surface area contributed by atoms with Crippen LogP contribution in [-0.2, 0) is 4.79 Å². The van der Waals surface area contributed by atoms with E-state index in [0.717, 1.165) is 10.7 Å². The van der Waals surface area contributed by atoms with Gasteiger partial charge in [0, 0.05) is 36.8 Å². The summed E-state index contributed by atoms with van der Waals surface area (Å²) < 4.78 is 0. The zero-order chi connectivity index (χ0) is 17.1. The van der Waals surface area contributed by atoms with Gasteiger partial charge in [0.25, 0.3) is 11.6 Å². The van der Waals surface area contributed by atoms with Crippen LogP contribution in [0.15, 0.2) is 35.8 Å². The molecule has 1 aromatic heterocycles. The monoisotopic (exact) mass is 367 g/mol. The van der Waals surface area contributed by atoms with Gasteiger partial charge in [0.15, 0.2) is 5.13 Å². The van der Waals surface area contributed by atoms with Crippen molar-refractivity contribution in [1.29, 1.82) is 0 Å². The van der Waals surface area contributed by atoms with E-state index in [0.29, 0.717) is 13.1 Å². The number of thiazole rings is 1. The number of nitro groups is 1. The number of alkyl halides is 1. The zero-order valence-electron chi connectivity index (χ0n) is 12.4. The second-order valence-corrected chi connectivity index (χ2v) is 6.44. The lowest BCUT2D eigenvalue weighted by Gasteiger charge is -2.44. The second kappa shape index (κ2) is 7.12. The number of amides is 1. The molecule has 1 amide bonds. The Morgan fingerprint density at radius 2 is 2.08 bits per heavy atom. The van der Waals surface area contributed by atoms with Gasteiger partial charge in [-0.05, 0) is 5.56 Å². The van der Waals surface area contributed by atoms with Crippen molar-refractivity contribution in [3.8, 4) is 0 Å². The molecule has 8 nitrogen and oxygen atoms in total. The van der Waals surface area contributed by atoms with Crippen LogP contribution in [0.25, 0.3) is 0 Å². The molecule has 24 heavy (non-hydrogen) atoms. The lowest BCUT2D eigenvalue weighted by molar-refractivity contribution is -0.384. The molecular formula is C14H14ClN5O3S. The van der Waals surface area contributed by atoms with Crippen molar-refractivity contribution in [3.05, 3.63) is 51.5 Å². The summed E-state index contributed by atoms with van der Waals surface area (Å²) in [6, 6.07) is 5.70. The minimum Gasteiger partial charge on any atom is -0.360 e. The molecule has 2 aromatic rings. The number of carbonyl (C=O) groups is 1. The highest BCUT2D eigenvalue weighted by Gasteiger charge is 2.47. The van der Waals surface area contributed by atoms with Crippen LogP contribution in [0, 0.1) is 10.1 Å². The summed E-state index contributed by atoms with van der Waals surface area (Å²) >= 11 is 7.60. The van der Waals surface area contributed by atoms with E-state index in [1.165, 1.54) is 28.5 Å². The lowest BCUT2D eigenvalue weighted by Crippen LogP contribution is -2.62. The first-order valence-corrected chi connectivity index (χ1v) is 8.48. The Balaban J connectivity index is 1.57. The molecule has 0 saturated carbocycles. The number of nitro benzene ring substituents is 1. The summed E-state index contributed by atoms with van der Waals surface area (Å²) in [5, 5.41) is 17.3. The molecule has 10 heteroatoms. The number of rotatable bonds is 7. The van der Waals surface area contributed by atoms with Crippen LogP contribution in [0.5, 0.6) is 0 Å². The third-order valence-corrected chi connectivity index (χ3v) is 4.75. The molecule has 0 bridgehead atoms. The number of halogens is 1. The first-order chi connectivity index (χ1) is 11.6. The molecule has 2 N–H and O–H groups in total. The maximum Gasteiger partial charge on any atom is 0.269 e. The van der Waals surface area contributed by atoms with E-state index in [1.54, 1.807) is 18.3 Å². The highest BCUT2D eigenvalue weighted by atomic mass is 35.5. The number of nitrogens with zero attached hydrogens (tertiary/aromatic N) is 3. The van der Waals surface area contributed by atoms with Gasteiger partial charge in [-0.1, -0.05) is 12.1 Å². The highest BCUT2D eigenvalue weighted by Crippen LogP contribution is 2.37. The third kappa shape index (κ3) is 3.32. The molecule has 1 saturated heterocycles. The molecule has 1 aromatic carbocycles. The van der Waals surface area contributed by atoms with Crippen LogP contribution in [0.3, 0.4) is 0 Å². The molecule has 0 spiro atoms. The van der Waals surface area contributed by atoms with Crippen molar-refractivity contribution in [2.75, 3.05) is 18.4 Å². The average Bonchev–Trinajstić information content (AvgIpc) is 3.10. The molecule has 1 fully saturated rings. The number of anilines is 1. The first kappa shape index (κ1) is 16.6. The summed E-state index contributed by atoms with van der Waals surface area (Å²) in [6.45, 7) is 1.11. The van der Waals surface area contributed by atoms with E-state index in [2.05, 4.69) is 15.7 Å². The Hall–Kier alpha value is -2.23. The normalized spacial score (nSPS) is 19.9. The Morgan fingerprint density at radius 1 is 1.33 bits per heavy atom. The van der Waals surface area contributed by atoms with E-state index in [9.17, 15) is 14.9 Å². The Bertz CT molecular complexity index is 725. The first-order valence-electron chi connectivity index (χ1n) is 7.16. The summed E-state index contributed by atoms with van der Waals surface area (Å²) in [4.78, 5) is 26.3. The van der Waals surface area contributed by atoms with Crippen LogP contribution < -0.4 is 10.7 Å². The van der Waals surface area contributed by atoms with E-state index >= 15 is 0 Å². The summed E-state index contributed by atoms with van der Waals surface area (Å²) in [5.41, 5.74) is 3.78. The SMILES string of the molecule is O=C1C(Cl)C(c2ccc([N+](=O)[O-])cc2)N1NCCNc1nccs1. The largest absolute Gasteiger partial charge is 0.360 e. The predicted molar refractivity (Wildman–Crippen MR) is 90.9 cm³/mol. The van der Waals surface area contributed by atoms with Crippen LogP contribution in [0.1, 0.15) is 11.6 Å². The van der Waals surface area contributed by atoms with Gasteiger partial charge in [-0.25, -0.2) is 10.4 Å². The molecule has 1 aliphatic rings. The minimum atomic E-state index is -0.675. The molecule has 0 aliphatic carbocycles. The molecule has 2 atom stereocenters. The number of β-lactam (4-membered cyclic amide) rings is 1. The van der Waals surface area contributed by atoms with Crippen LogP contribution in [0.2, 0.25) is 0 Å². The predicted octanol–water partition coefficient (Wildman–Crippen LogP) is 2.16. The van der Waals surface area contributed by atoms with Crippen molar-refractivity contribution in [2.24, 2.45) is 0 Å². The van der Waals surface area contributed by atoms with E-state index in [1.807, 2.05) is 5.38 Å². The van der Waals surface area contributed by atoms with Crippen LogP contribution >= 0.6 is 22.9 Å². The average molecular weight is 368 g/mol. The fourth-order valence-corrected chi connectivity index (χ4v) is 3.32. The van der Waals surface area contributed by atoms with E-state index < -0.39 is 10.3 Å². The van der Waals surface area contributed by atoms with Gasteiger partial charge in [0.05, 0.1) is 11.0 Å². The smallest absolute Gasteiger partial charge is 0.269 e. The molecular weight excluding hydrogens is 354 g/mol. The number of aromatic nitrogens is 1. The molecule has 2 unspecified atom stereocenters. The maximum atomic E-state index is 11.9. The molecule has 2 heterocycles. The Kier molecular flexibility index (Phi) is 4.93. The van der Waals surface area contributed by atoms with E-state index in [-0.39, 0.29) is 17.6 Å². The molecule has 126 valence electrons. The van der Waals surface area contributed by atoms with Gasteiger partial charge in [-0.3, -0.25) is 19.9 Å². The topological polar surface area (TPSA) is 100 Å². The van der Waals surface area contributed by atoms with Crippen molar-refractivity contribution in [2.45, 2.75) is 11.4 Å². The molecule has 3 rings (SSSR count). The van der Waals surface area contributed by atoms with Gasteiger partial charge in [-0.15, -0.1) is 22.9 Å². The third-order valence-electron chi connectivity index (χ3n) is 3.59. The summed E-state index contributed by atoms with van der Waals surface area (Å²) in [5.74, 6) is -0.214. The number of carbonyl (C=O) groups excluding carboxylic acids is 1.